The highest BCUT2D eigenvalue weighted by Gasteiger charge is 2.22. The van der Waals surface area contributed by atoms with Crippen molar-refractivity contribution < 1.29 is 19.6 Å². The molecule has 110 valence electrons. The minimum absolute atomic E-state index is 0.0984. The van der Waals surface area contributed by atoms with Gasteiger partial charge in [0.2, 0.25) is 0 Å². The molecule has 1 heterocycles. The lowest BCUT2D eigenvalue weighted by Gasteiger charge is -2.24. The molecule has 1 rings (SSSR count). The largest absolute Gasteiger partial charge is 0.465 e. The first-order valence-corrected chi connectivity index (χ1v) is 5.66. The van der Waals surface area contributed by atoms with Gasteiger partial charge in [0.25, 0.3) is 5.91 Å². The molecule has 10 nitrogen and oxygen atoms in total. The summed E-state index contributed by atoms with van der Waals surface area (Å²) in [5.41, 5.74) is -0.602. The fraction of sp³-hybridized carbons (Fsp3) is 0.500. The Morgan fingerprint density at radius 1 is 1.45 bits per heavy atom. The molecule has 0 saturated heterocycles. The maximum Gasteiger partial charge on any atom is 0.404 e. The van der Waals surface area contributed by atoms with E-state index < -0.39 is 22.3 Å². The standard InChI is InChI=1S/C10H15N5O5/c1-10(2,5-12-9(17)18)4-11-8(16)6-3-7(14-13-6)15(19)20/h3,12H,4-5H2,1-2H3,(H,11,16)(H,13,14)(H,17,18). The maximum absolute atomic E-state index is 11.7. The molecule has 0 aromatic carbocycles. The third-order valence-corrected chi connectivity index (χ3v) is 2.44. The van der Waals surface area contributed by atoms with Gasteiger partial charge < -0.3 is 25.9 Å². The lowest BCUT2D eigenvalue weighted by Crippen LogP contribution is -2.41. The van der Waals surface area contributed by atoms with Crippen molar-refractivity contribution in [2.45, 2.75) is 13.8 Å². The van der Waals surface area contributed by atoms with Crippen molar-refractivity contribution in [1.82, 2.24) is 20.8 Å². The van der Waals surface area contributed by atoms with Gasteiger partial charge in [-0.2, -0.15) is 0 Å². The summed E-state index contributed by atoms with van der Waals surface area (Å²) < 4.78 is 0. The van der Waals surface area contributed by atoms with Crippen LogP contribution in [0, 0.1) is 15.5 Å². The molecule has 0 spiro atoms. The van der Waals surface area contributed by atoms with Crippen LogP contribution in [0.2, 0.25) is 0 Å². The van der Waals surface area contributed by atoms with Crippen molar-refractivity contribution >= 4 is 17.8 Å². The Bertz CT molecular complexity index is 524. The van der Waals surface area contributed by atoms with Crippen molar-refractivity contribution in [2.75, 3.05) is 13.1 Å². The molecule has 0 aliphatic carbocycles. The number of H-pyrrole nitrogens is 1. The molecule has 0 aliphatic rings. The number of hydrogen-bond acceptors (Lipinski definition) is 5. The van der Waals surface area contributed by atoms with Crippen LogP contribution in [0.15, 0.2) is 6.07 Å². The number of aromatic nitrogens is 2. The molecule has 0 saturated carbocycles. The number of nitro groups is 1. The van der Waals surface area contributed by atoms with Crippen LogP contribution in [0.5, 0.6) is 0 Å². The van der Waals surface area contributed by atoms with Gasteiger partial charge in [0.05, 0.1) is 6.07 Å². The monoisotopic (exact) mass is 285 g/mol. The summed E-state index contributed by atoms with van der Waals surface area (Å²) >= 11 is 0. The number of aromatic amines is 1. The highest BCUT2D eigenvalue weighted by atomic mass is 16.6. The number of carbonyl (C=O) groups is 2. The van der Waals surface area contributed by atoms with E-state index in [-0.39, 0.29) is 24.6 Å². The fourth-order valence-corrected chi connectivity index (χ4v) is 1.31. The number of nitrogens with zero attached hydrogens (tertiary/aromatic N) is 2. The molecule has 1 aromatic rings. The zero-order valence-electron chi connectivity index (χ0n) is 11.0. The van der Waals surface area contributed by atoms with Crippen LogP contribution in [-0.2, 0) is 0 Å². The first kappa shape index (κ1) is 15.4. The van der Waals surface area contributed by atoms with E-state index in [2.05, 4.69) is 20.8 Å². The van der Waals surface area contributed by atoms with Crippen LogP contribution in [0.1, 0.15) is 24.3 Å². The molecule has 0 unspecified atom stereocenters. The van der Waals surface area contributed by atoms with Crippen molar-refractivity contribution in [3.63, 3.8) is 0 Å². The number of amides is 2. The van der Waals surface area contributed by atoms with Crippen LogP contribution < -0.4 is 10.6 Å². The van der Waals surface area contributed by atoms with Gasteiger partial charge >= 0.3 is 11.9 Å². The Labute approximate surface area is 113 Å². The van der Waals surface area contributed by atoms with Crippen LogP contribution in [0.4, 0.5) is 10.6 Å². The Balaban J connectivity index is 2.53. The highest BCUT2D eigenvalue weighted by Crippen LogP contribution is 2.13. The second-order valence-corrected chi connectivity index (χ2v) is 4.90. The number of carboxylic acid groups (broad SMARTS) is 1. The molecule has 0 bridgehead atoms. The summed E-state index contributed by atoms with van der Waals surface area (Å²) in [6, 6.07) is 1.03. The molecule has 0 aliphatic heterocycles. The average Bonchev–Trinajstić information content (AvgIpc) is 2.83. The number of nitrogens with one attached hydrogen (secondary N) is 3. The van der Waals surface area contributed by atoms with Crippen LogP contribution in [-0.4, -0.2) is 45.3 Å². The Morgan fingerprint density at radius 3 is 2.55 bits per heavy atom. The van der Waals surface area contributed by atoms with Gasteiger partial charge in [-0.05, 0) is 10.3 Å². The highest BCUT2D eigenvalue weighted by molar-refractivity contribution is 5.92. The molecule has 0 fully saturated rings. The van der Waals surface area contributed by atoms with Crippen LogP contribution in [0.3, 0.4) is 0 Å². The van der Waals surface area contributed by atoms with Crippen molar-refractivity contribution in [3.05, 3.63) is 21.9 Å². The van der Waals surface area contributed by atoms with E-state index >= 15 is 0 Å². The van der Waals surface area contributed by atoms with E-state index in [0.717, 1.165) is 6.07 Å². The zero-order valence-corrected chi connectivity index (χ0v) is 11.0. The summed E-state index contributed by atoms with van der Waals surface area (Å²) in [6.07, 6.45) is -1.15. The van der Waals surface area contributed by atoms with E-state index in [0.29, 0.717) is 0 Å². The Hall–Kier alpha value is -2.65. The second-order valence-electron chi connectivity index (χ2n) is 4.90. The summed E-state index contributed by atoms with van der Waals surface area (Å²) in [6.45, 7) is 3.86. The van der Waals surface area contributed by atoms with Crippen molar-refractivity contribution in [1.29, 1.82) is 0 Å². The fourth-order valence-electron chi connectivity index (χ4n) is 1.31. The molecule has 0 atom stereocenters. The van der Waals surface area contributed by atoms with Gasteiger partial charge in [-0.1, -0.05) is 18.9 Å². The summed E-state index contributed by atoms with van der Waals surface area (Å²) in [7, 11) is 0. The van der Waals surface area contributed by atoms with E-state index in [4.69, 9.17) is 5.11 Å². The van der Waals surface area contributed by atoms with Gasteiger partial charge in [-0.25, -0.2) is 4.79 Å². The first-order chi connectivity index (χ1) is 9.21. The second kappa shape index (κ2) is 5.99. The SMILES string of the molecule is CC(C)(CNC(=O)O)CNC(=O)c1cc([N+](=O)[O-])[nH]n1. The zero-order chi connectivity index (χ0) is 15.3. The Morgan fingerprint density at radius 2 is 2.05 bits per heavy atom. The third kappa shape index (κ3) is 4.55. The van der Waals surface area contributed by atoms with Crippen molar-refractivity contribution in [2.24, 2.45) is 5.41 Å². The normalized spacial score (nSPS) is 10.9. The lowest BCUT2D eigenvalue weighted by atomic mass is 9.93. The number of hydrogen-bond donors (Lipinski definition) is 4. The van der Waals surface area contributed by atoms with Gasteiger partial charge in [0, 0.05) is 13.1 Å². The third-order valence-electron chi connectivity index (χ3n) is 2.44. The van der Waals surface area contributed by atoms with E-state index in [1.165, 1.54) is 0 Å². The number of rotatable bonds is 6. The predicted octanol–water partition coefficient (Wildman–Crippen LogP) is 0.341. The van der Waals surface area contributed by atoms with Crippen LogP contribution >= 0.6 is 0 Å². The summed E-state index contributed by atoms with van der Waals surface area (Å²) in [4.78, 5) is 31.9. The minimum atomic E-state index is -1.15. The van der Waals surface area contributed by atoms with E-state index in [1.807, 2.05) is 0 Å². The van der Waals surface area contributed by atoms with Gasteiger partial charge in [-0.3, -0.25) is 4.79 Å². The van der Waals surface area contributed by atoms with Gasteiger partial charge in [0.15, 0.2) is 5.69 Å². The minimum Gasteiger partial charge on any atom is -0.465 e. The average molecular weight is 285 g/mol. The van der Waals surface area contributed by atoms with E-state index in [9.17, 15) is 19.7 Å². The summed E-state index contributed by atoms with van der Waals surface area (Å²) in [5, 5.41) is 29.4. The Kier molecular flexibility index (Phi) is 4.62. The predicted molar refractivity (Wildman–Crippen MR) is 67.4 cm³/mol. The van der Waals surface area contributed by atoms with Crippen molar-refractivity contribution in [3.8, 4) is 0 Å². The molecule has 2 amide bonds. The number of carbonyl (C=O) groups excluding carboxylic acids is 1. The first-order valence-electron chi connectivity index (χ1n) is 5.66. The van der Waals surface area contributed by atoms with Crippen LogP contribution in [0.25, 0.3) is 0 Å². The molecule has 0 radical (unpaired) electrons. The summed E-state index contributed by atoms with van der Waals surface area (Å²) in [5.74, 6) is -0.945. The van der Waals surface area contributed by atoms with Gasteiger partial charge in [0.1, 0.15) is 0 Å². The molecule has 4 N–H and O–H groups in total. The maximum atomic E-state index is 11.7. The topological polar surface area (TPSA) is 150 Å². The van der Waals surface area contributed by atoms with E-state index in [1.54, 1.807) is 13.8 Å². The molecule has 10 heteroatoms. The molecular weight excluding hydrogens is 270 g/mol. The quantitative estimate of drug-likeness (QED) is 0.437. The lowest BCUT2D eigenvalue weighted by molar-refractivity contribution is -0.389. The molecule has 20 heavy (non-hydrogen) atoms. The molecular formula is C10H15N5O5. The smallest absolute Gasteiger partial charge is 0.404 e. The molecule has 1 aromatic heterocycles. The van der Waals surface area contributed by atoms with Gasteiger partial charge in [-0.15, -0.1) is 5.10 Å².